The fourth-order valence-electron chi connectivity index (χ4n) is 3.20. The van der Waals surface area contributed by atoms with Crippen LogP contribution in [-0.2, 0) is 26.8 Å². The molecule has 0 fully saturated rings. The van der Waals surface area contributed by atoms with E-state index in [1.165, 1.54) is 0 Å². The maximum atomic E-state index is 12.4. The molecule has 168 valence electrons. The number of benzene rings is 1. The highest BCUT2D eigenvalue weighted by Gasteiger charge is 2.29. The van der Waals surface area contributed by atoms with Gasteiger partial charge in [-0.25, -0.2) is 4.79 Å². The second-order valence-corrected chi connectivity index (χ2v) is 10.3. The van der Waals surface area contributed by atoms with Crippen molar-refractivity contribution in [1.29, 1.82) is 0 Å². The predicted octanol–water partition coefficient (Wildman–Crippen LogP) is 3.98. The molecule has 1 amide bonds. The first-order valence-corrected chi connectivity index (χ1v) is 10.2. The molecule has 0 aromatic heterocycles. The van der Waals surface area contributed by atoms with Gasteiger partial charge in [-0.1, -0.05) is 72.7 Å². The molecule has 7 nitrogen and oxygen atoms in total. The lowest BCUT2D eigenvalue weighted by atomic mass is 9.78. The summed E-state index contributed by atoms with van der Waals surface area (Å²) in [4.78, 5) is 24.3. The van der Waals surface area contributed by atoms with Gasteiger partial charge in [-0.05, 0) is 33.4 Å². The van der Waals surface area contributed by atoms with Gasteiger partial charge < -0.3 is 20.7 Å². The molecule has 1 aromatic carbocycles. The minimum Gasteiger partial charge on any atom is -0.507 e. The van der Waals surface area contributed by atoms with Crippen LogP contribution >= 0.6 is 0 Å². The average molecular weight is 421 g/mol. The minimum atomic E-state index is -1.20. The van der Waals surface area contributed by atoms with E-state index in [9.17, 15) is 19.8 Å². The van der Waals surface area contributed by atoms with Crippen molar-refractivity contribution in [2.45, 2.75) is 85.1 Å². The Morgan fingerprint density at radius 3 is 1.83 bits per heavy atom. The Kier molecular flexibility index (Phi) is 8.06. The summed E-state index contributed by atoms with van der Waals surface area (Å²) in [5.74, 6) is -1.61. The number of phenolic OH excluding ortho intramolecular Hbond substituents is 1. The summed E-state index contributed by atoms with van der Waals surface area (Å²) in [6.07, 6.45) is 0.268. The lowest BCUT2D eigenvalue weighted by Gasteiger charge is -2.28. The van der Waals surface area contributed by atoms with Gasteiger partial charge in [0.25, 0.3) is 5.91 Å². The summed E-state index contributed by atoms with van der Waals surface area (Å²) in [6, 6.07) is 2.38. The molecule has 1 aromatic rings. The molecule has 1 atom stereocenters. The summed E-state index contributed by atoms with van der Waals surface area (Å²) in [7, 11) is 0. The number of carbonyl (C=O) groups is 2. The summed E-state index contributed by atoms with van der Waals surface area (Å²) in [5.41, 5.74) is 1.33. The average Bonchev–Trinajstić information content (AvgIpc) is 2.57. The second-order valence-electron chi connectivity index (χ2n) is 10.3. The third-order valence-electron chi connectivity index (χ3n) is 4.81. The molecule has 0 bridgehead atoms. The lowest BCUT2D eigenvalue weighted by molar-refractivity contribution is -0.141. The number of oxime groups is 1. The third kappa shape index (κ3) is 6.75. The number of aromatic hydroxyl groups is 1. The maximum Gasteiger partial charge on any atom is 0.326 e. The van der Waals surface area contributed by atoms with E-state index < -0.39 is 17.9 Å². The minimum absolute atomic E-state index is 0.0356. The summed E-state index contributed by atoms with van der Waals surface area (Å²) < 4.78 is 0. The zero-order valence-electron chi connectivity index (χ0n) is 19.3. The monoisotopic (exact) mass is 420 g/mol. The van der Waals surface area contributed by atoms with Crippen molar-refractivity contribution in [3.05, 3.63) is 28.8 Å². The molecule has 0 radical (unpaired) electrons. The molecule has 0 heterocycles. The first-order chi connectivity index (χ1) is 13.6. The number of hydrogen-bond acceptors (Lipinski definition) is 5. The number of hydrogen-bond donors (Lipinski definition) is 4. The van der Waals surface area contributed by atoms with Crippen LogP contribution in [0, 0.1) is 5.92 Å². The summed E-state index contributed by atoms with van der Waals surface area (Å²) >= 11 is 0. The fourth-order valence-corrected chi connectivity index (χ4v) is 3.20. The Bertz CT molecular complexity index is 779. The number of aliphatic carboxylic acids is 1. The molecule has 1 rings (SSSR count). The molecule has 7 heteroatoms. The van der Waals surface area contributed by atoms with Gasteiger partial charge in [-0.15, -0.1) is 0 Å². The Morgan fingerprint density at radius 1 is 1.03 bits per heavy atom. The van der Waals surface area contributed by atoms with Crippen LogP contribution in [-0.4, -0.2) is 39.1 Å². The maximum absolute atomic E-state index is 12.4. The molecule has 30 heavy (non-hydrogen) atoms. The number of carboxylic acids is 1. The van der Waals surface area contributed by atoms with Crippen molar-refractivity contribution >= 4 is 17.6 Å². The lowest BCUT2D eigenvalue weighted by Crippen LogP contribution is -2.45. The van der Waals surface area contributed by atoms with Gasteiger partial charge in [-0.2, -0.15) is 0 Å². The van der Waals surface area contributed by atoms with Crippen LogP contribution in [0.15, 0.2) is 17.3 Å². The molecule has 0 aliphatic rings. The molecular weight excluding hydrogens is 384 g/mol. The molecule has 0 saturated carbocycles. The first kappa shape index (κ1) is 25.5. The quantitative estimate of drug-likeness (QED) is 0.302. The predicted molar refractivity (Wildman–Crippen MR) is 117 cm³/mol. The van der Waals surface area contributed by atoms with Crippen molar-refractivity contribution < 1.29 is 25.0 Å². The second kappa shape index (κ2) is 9.49. The molecule has 0 spiro atoms. The Morgan fingerprint density at radius 2 is 1.50 bits per heavy atom. The van der Waals surface area contributed by atoms with Crippen molar-refractivity contribution in [3.63, 3.8) is 0 Å². The topological polar surface area (TPSA) is 119 Å². The largest absolute Gasteiger partial charge is 0.507 e. The highest BCUT2D eigenvalue weighted by Crippen LogP contribution is 2.40. The van der Waals surface area contributed by atoms with Gasteiger partial charge in [0, 0.05) is 12.8 Å². The highest BCUT2D eigenvalue weighted by molar-refractivity contribution is 6.39. The van der Waals surface area contributed by atoms with Crippen LogP contribution in [0.5, 0.6) is 5.75 Å². The van der Waals surface area contributed by atoms with Crippen molar-refractivity contribution in [2.75, 3.05) is 0 Å². The van der Waals surface area contributed by atoms with E-state index in [1.807, 2.05) is 55.4 Å². The van der Waals surface area contributed by atoms with Crippen LogP contribution in [0.4, 0.5) is 0 Å². The van der Waals surface area contributed by atoms with Gasteiger partial charge in [0.15, 0.2) is 0 Å². The van der Waals surface area contributed by atoms with E-state index in [-0.39, 0.29) is 41.1 Å². The molecule has 0 unspecified atom stereocenters. The number of rotatable bonds is 7. The van der Waals surface area contributed by atoms with Gasteiger partial charge >= 0.3 is 5.97 Å². The van der Waals surface area contributed by atoms with E-state index in [0.717, 1.165) is 11.1 Å². The normalized spacial score (nSPS) is 14.0. The molecule has 0 aliphatic carbocycles. The Labute approximate surface area is 179 Å². The van der Waals surface area contributed by atoms with Crippen LogP contribution in [0.25, 0.3) is 0 Å². The number of phenols is 1. The molecule has 4 N–H and O–H groups in total. The number of amides is 1. The third-order valence-corrected chi connectivity index (χ3v) is 4.81. The molecule has 0 saturated heterocycles. The van der Waals surface area contributed by atoms with Crippen molar-refractivity contribution in [3.8, 4) is 5.75 Å². The Hall–Kier alpha value is -2.57. The highest BCUT2D eigenvalue weighted by atomic mass is 16.4. The van der Waals surface area contributed by atoms with Gasteiger partial charge in [0.1, 0.15) is 17.5 Å². The number of carboxylic acid groups (broad SMARTS) is 1. The first-order valence-electron chi connectivity index (χ1n) is 10.2. The van der Waals surface area contributed by atoms with Gasteiger partial charge in [0.2, 0.25) is 0 Å². The van der Waals surface area contributed by atoms with Crippen LogP contribution in [0.2, 0.25) is 0 Å². The van der Waals surface area contributed by atoms with Crippen LogP contribution < -0.4 is 5.32 Å². The van der Waals surface area contributed by atoms with Crippen LogP contribution in [0.3, 0.4) is 0 Å². The number of carbonyl (C=O) groups excluding carboxylic acids is 1. The SMILES string of the molecule is CC(C)CC(=NO)C(=O)N[C@@H](Cc1cc(C(C)(C)C)c(O)c(C(C)(C)C)c1)C(=O)O. The van der Waals surface area contributed by atoms with E-state index in [4.69, 9.17) is 5.21 Å². The van der Waals surface area contributed by atoms with E-state index in [0.29, 0.717) is 5.56 Å². The van der Waals surface area contributed by atoms with Gasteiger partial charge in [0.05, 0.1) is 0 Å². The van der Waals surface area contributed by atoms with E-state index >= 15 is 0 Å². The van der Waals surface area contributed by atoms with Crippen molar-refractivity contribution in [2.24, 2.45) is 11.1 Å². The standard InChI is InChI=1S/C23H36N2O5/c1-13(2)9-17(25-30)20(27)24-18(21(28)29)12-14-10-15(22(3,4)5)19(26)16(11-14)23(6,7)8/h10-11,13,18,26,30H,9,12H2,1-8H3,(H,24,27)(H,28,29)/t18-/m0/s1. The van der Waals surface area contributed by atoms with Crippen LogP contribution in [0.1, 0.15) is 78.5 Å². The smallest absolute Gasteiger partial charge is 0.326 e. The number of nitrogens with one attached hydrogen (secondary N) is 1. The zero-order chi connectivity index (χ0) is 23.4. The van der Waals surface area contributed by atoms with E-state index in [1.54, 1.807) is 12.1 Å². The van der Waals surface area contributed by atoms with Gasteiger partial charge in [-0.3, -0.25) is 4.79 Å². The molecular formula is C23H36N2O5. The fraction of sp³-hybridized carbons (Fsp3) is 0.609. The zero-order valence-corrected chi connectivity index (χ0v) is 19.3. The Balaban J connectivity index is 3.32. The summed E-state index contributed by atoms with van der Waals surface area (Å²) in [5, 5.41) is 35.1. The van der Waals surface area contributed by atoms with Crippen molar-refractivity contribution in [1.82, 2.24) is 5.32 Å². The number of nitrogens with zero attached hydrogens (tertiary/aromatic N) is 1. The molecule has 0 aliphatic heterocycles. The summed E-state index contributed by atoms with van der Waals surface area (Å²) in [6.45, 7) is 15.6. The van der Waals surface area contributed by atoms with E-state index in [2.05, 4.69) is 10.5 Å².